The van der Waals surface area contributed by atoms with Crippen molar-refractivity contribution < 1.29 is 19.3 Å². The maximum absolute atomic E-state index is 13.6. The van der Waals surface area contributed by atoms with Crippen LogP contribution < -0.4 is 11.4 Å². The third kappa shape index (κ3) is 2.09. The fourth-order valence-electron chi connectivity index (χ4n) is 1.85. The van der Waals surface area contributed by atoms with Crippen LogP contribution in [0.15, 0.2) is 11.0 Å². The molecule has 2 heterocycles. The minimum absolute atomic E-state index is 0.0865. The molecule has 0 amide bonds. The Hall–Kier alpha value is -1.51. The Labute approximate surface area is 102 Å². The second-order valence-electron chi connectivity index (χ2n) is 4.28. The Morgan fingerprint density at radius 2 is 2.44 bits per heavy atom. The van der Waals surface area contributed by atoms with Gasteiger partial charge in [0, 0.05) is 11.8 Å². The molecule has 2 rings (SSSR count). The summed E-state index contributed by atoms with van der Waals surface area (Å²) in [5.74, 6) is -2.59. The molecule has 0 radical (unpaired) electrons. The molecule has 0 bridgehead atoms. The predicted molar refractivity (Wildman–Crippen MR) is 59.3 cm³/mol. The molecule has 0 saturated carbocycles. The second-order valence-corrected chi connectivity index (χ2v) is 4.28. The third-order valence-electron chi connectivity index (χ3n) is 2.93. The molecule has 1 saturated heterocycles. The smallest absolute Gasteiger partial charge is 0.351 e. The minimum Gasteiger partial charge on any atom is -0.393 e. The highest BCUT2D eigenvalue weighted by atomic mass is 19.2. The summed E-state index contributed by atoms with van der Waals surface area (Å²) in [5.41, 5.74) is 5.30. The van der Waals surface area contributed by atoms with Crippen LogP contribution in [0.25, 0.3) is 0 Å². The average Bonchev–Trinajstić information content (AvgIpc) is 2.58. The van der Waals surface area contributed by atoms with Crippen LogP contribution in [0.2, 0.25) is 0 Å². The molecule has 0 aromatic carbocycles. The summed E-state index contributed by atoms with van der Waals surface area (Å²) in [6.45, 7) is 0.956. The molecule has 1 aromatic rings. The zero-order valence-electron chi connectivity index (χ0n) is 9.71. The molecule has 0 spiro atoms. The first kappa shape index (κ1) is 12.9. The van der Waals surface area contributed by atoms with Crippen molar-refractivity contribution >= 4 is 5.82 Å². The lowest BCUT2D eigenvalue weighted by atomic mass is 10.1. The van der Waals surface area contributed by atoms with Gasteiger partial charge in [-0.05, 0) is 6.92 Å². The molecule has 100 valence electrons. The van der Waals surface area contributed by atoms with Gasteiger partial charge >= 0.3 is 5.69 Å². The van der Waals surface area contributed by atoms with E-state index in [0.29, 0.717) is 5.56 Å². The number of nitrogen functional groups attached to an aromatic ring is 1. The van der Waals surface area contributed by atoms with E-state index in [1.807, 2.05) is 0 Å². The van der Waals surface area contributed by atoms with Gasteiger partial charge in [0.1, 0.15) is 18.1 Å². The predicted octanol–water partition coefficient (Wildman–Crippen LogP) is -0.928. The van der Waals surface area contributed by atoms with Crippen molar-refractivity contribution in [3.05, 3.63) is 22.2 Å². The van der Waals surface area contributed by atoms with Gasteiger partial charge in [0.2, 0.25) is 5.85 Å². The number of aliphatic hydroxyl groups is 2. The summed E-state index contributed by atoms with van der Waals surface area (Å²) >= 11 is 0. The Kier molecular flexibility index (Phi) is 3.09. The van der Waals surface area contributed by atoms with Crippen molar-refractivity contribution in [2.24, 2.45) is 0 Å². The number of alkyl halides is 1. The van der Waals surface area contributed by atoms with Crippen molar-refractivity contribution in [1.82, 2.24) is 9.55 Å². The summed E-state index contributed by atoms with van der Waals surface area (Å²) in [6.07, 6.45) is -1.47. The van der Waals surface area contributed by atoms with Gasteiger partial charge in [-0.2, -0.15) is 4.98 Å². The van der Waals surface area contributed by atoms with Crippen LogP contribution in [0.1, 0.15) is 18.2 Å². The fourth-order valence-corrected chi connectivity index (χ4v) is 1.85. The molecule has 0 aliphatic carbocycles. The highest BCUT2D eigenvalue weighted by Crippen LogP contribution is 2.36. The number of ether oxygens (including phenoxy) is 1. The third-order valence-corrected chi connectivity index (χ3v) is 2.93. The van der Waals surface area contributed by atoms with Gasteiger partial charge in [-0.25, -0.2) is 9.18 Å². The van der Waals surface area contributed by atoms with E-state index in [1.54, 1.807) is 6.92 Å². The first-order valence-electron chi connectivity index (χ1n) is 5.38. The van der Waals surface area contributed by atoms with Crippen LogP contribution >= 0.6 is 0 Å². The van der Waals surface area contributed by atoms with Gasteiger partial charge in [-0.1, -0.05) is 0 Å². The average molecular weight is 259 g/mol. The van der Waals surface area contributed by atoms with E-state index >= 15 is 0 Å². The van der Waals surface area contributed by atoms with Crippen molar-refractivity contribution in [1.29, 1.82) is 0 Å². The van der Waals surface area contributed by atoms with Gasteiger partial charge in [0.05, 0.1) is 13.0 Å². The standard InChI is InChI=1S/C10H14FN3O4/c1-5-3-14(9(16)13-8(5)12)7-2-10(11,17)6(4-15)18-7/h3,6-7,15,17H,2,4H2,1H3,(H2,12,13,16)/t6-,7-,10+/m1/s1. The van der Waals surface area contributed by atoms with Crippen molar-refractivity contribution in [3.8, 4) is 0 Å². The molecule has 1 aliphatic heterocycles. The largest absolute Gasteiger partial charge is 0.393 e. The zero-order chi connectivity index (χ0) is 13.5. The quantitative estimate of drug-likeness (QED) is 0.633. The Balaban J connectivity index is 2.35. The van der Waals surface area contributed by atoms with E-state index in [9.17, 15) is 14.3 Å². The highest BCUT2D eigenvalue weighted by Gasteiger charge is 2.48. The second kappa shape index (κ2) is 4.30. The maximum Gasteiger partial charge on any atom is 0.351 e. The monoisotopic (exact) mass is 259 g/mol. The Bertz CT molecular complexity index is 516. The number of anilines is 1. The van der Waals surface area contributed by atoms with E-state index in [2.05, 4.69) is 4.98 Å². The first-order chi connectivity index (χ1) is 8.35. The number of hydrogen-bond acceptors (Lipinski definition) is 6. The number of nitrogens with two attached hydrogens (primary N) is 1. The molecule has 4 N–H and O–H groups in total. The molecule has 7 nitrogen and oxygen atoms in total. The van der Waals surface area contributed by atoms with Crippen LogP contribution in [0, 0.1) is 6.92 Å². The summed E-state index contributed by atoms with van der Waals surface area (Å²) in [6, 6.07) is 0. The summed E-state index contributed by atoms with van der Waals surface area (Å²) in [4.78, 5) is 15.2. The highest BCUT2D eigenvalue weighted by molar-refractivity contribution is 5.35. The SMILES string of the molecule is Cc1cn([C@H]2C[C@@](O)(F)[C@@H](CO)O2)c(=O)nc1N. The molecular weight excluding hydrogens is 245 g/mol. The van der Waals surface area contributed by atoms with E-state index in [1.165, 1.54) is 6.20 Å². The molecule has 8 heteroatoms. The maximum atomic E-state index is 13.6. The lowest BCUT2D eigenvalue weighted by Crippen LogP contribution is -2.35. The Morgan fingerprint density at radius 3 is 3.00 bits per heavy atom. The molecule has 0 unspecified atom stereocenters. The number of aromatic nitrogens is 2. The van der Waals surface area contributed by atoms with Gasteiger partial charge in [0.15, 0.2) is 0 Å². The fraction of sp³-hybridized carbons (Fsp3) is 0.600. The minimum atomic E-state index is -2.67. The summed E-state index contributed by atoms with van der Waals surface area (Å²) < 4.78 is 19.8. The molecule has 1 aliphatic rings. The van der Waals surface area contributed by atoms with E-state index in [-0.39, 0.29) is 5.82 Å². The zero-order valence-corrected chi connectivity index (χ0v) is 9.71. The summed E-state index contributed by atoms with van der Waals surface area (Å²) in [7, 11) is 0. The topological polar surface area (TPSA) is 111 Å². The van der Waals surface area contributed by atoms with Gasteiger partial charge in [0.25, 0.3) is 0 Å². The number of aliphatic hydroxyl groups excluding tert-OH is 1. The molecule has 1 fully saturated rings. The normalized spacial score (nSPS) is 31.8. The van der Waals surface area contributed by atoms with Gasteiger partial charge in [-0.3, -0.25) is 4.57 Å². The first-order valence-corrected chi connectivity index (χ1v) is 5.38. The van der Waals surface area contributed by atoms with Crippen molar-refractivity contribution in [2.75, 3.05) is 12.3 Å². The van der Waals surface area contributed by atoms with Crippen LogP contribution in [0.3, 0.4) is 0 Å². The van der Waals surface area contributed by atoms with E-state index in [0.717, 1.165) is 4.57 Å². The van der Waals surface area contributed by atoms with Crippen molar-refractivity contribution in [2.45, 2.75) is 31.5 Å². The molecule has 3 atom stereocenters. The van der Waals surface area contributed by atoms with Crippen molar-refractivity contribution in [3.63, 3.8) is 0 Å². The number of hydrogen-bond donors (Lipinski definition) is 3. The molecule has 18 heavy (non-hydrogen) atoms. The Morgan fingerprint density at radius 1 is 1.78 bits per heavy atom. The molecule has 1 aromatic heterocycles. The van der Waals surface area contributed by atoms with Crippen LogP contribution in [-0.4, -0.2) is 38.3 Å². The lowest BCUT2D eigenvalue weighted by molar-refractivity contribution is -0.150. The number of rotatable bonds is 2. The number of aryl methyl sites for hydroxylation is 1. The van der Waals surface area contributed by atoms with Crippen LogP contribution in [0.5, 0.6) is 0 Å². The van der Waals surface area contributed by atoms with Crippen LogP contribution in [0.4, 0.5) is 10.2 Å². The van der Waals surface area contributed by atoms with Gasteiger partial charge in [-0.15, -0.1) is 0 Å². The van der Waals surface area contributed by atoms with Gasteiger partial charge < -0.3 is 20.7 Å². The van der Waals surface area contributed by atoms with E-state index in [4.69, 9.17) is 15.6 Å². The van der Waals surface area contributed by atoms with E-state index < -0.39 is 36.9 Å². The summed E-state index contributed by atoms with van der Waals surface area (Å²) in [5, 5.41) is 18.3. The lowest BCUT2D eigenvalue weighted by Gasteiger charge is -2.16. The number of nitrogens with zero attached hydrogens (tertiary/aromatic N) is 2. The number of halogens is 1. The molecular formula is C10H14FN3O4. The van der Waals surface area contributed by atoms with Crippen LogP contribution in [-0.2, 0) is 4.74 Å².